The smallest absolute Gasteiger partial charge is 0.335 e. The molecule has 1 rings (SSSR count). The Bertz CT molecular complexity index is 385. The summed E-state index contributed by atoms with van der Waals surface area (Å²) < 4.78 is 18.7. The fourth-order valence-corrected chi connectivity index (χ4v) is 1.86. The van der Waals surface area contributed by atoms with Gasteiger partial charge in [-0.25, -0.2) is 9.18 Å². The van der Waals surface area contributed by atoms with Crippen LogP contribution >= 0.6 is 0 Å². The van der Waals surface area contributed by atoms with Gasteiger partial charge in [0.15, 0.2) is 5.82 Å². The van der Waals surface area contributed by atoms with Crippen LogP contribution in [0.5, 0.6) is 5.75 Å². The second-order valence-electron chi connectivity index (χ2n) is 4.16. The molecule has 0 amide bonds. The first-order chi connectivity index (χ1) is 6.79. The molecule has 0 aromatic heterocycles. The molecule has 0 saturated carbocycles. The molecule has 1 N–H and O–H groups in total. The van der Waals surface area contributed by atoms with Crippen LogP contribution in [0.3, 0.4) is 0 Å². The molecule has 82 valence electrons. The zero-order chi connectivity index (χ0) is 11.6. The Morgan fingerprint density at radius 3 is 2.47 bits per heavy atom. The monoisotopic (exact) mass is 228 g/mol. The van der Waals surface area contributed by atoms with E-state index in [4.69, 9.17) is 9.53 Å². The standard InChI is InChI=1S/C10H13FO3Si/c1-15(2,3)14-9-6-7(10(12)13)4-5-8(9)11/h4-6H,1-3H3,(H,12,13). The fraction of sp³-hybridized carbons (Fsp3) is 0.300. The van der Waals surface area contributed by atoms with Gasteiger partial charge in [-0.2, -0.15) is 0 Å². The number of benzene rings is 1. The second kappa shape index (κ2) is 4.02. The Labute approximate surface area is 88.6 Å². The van der Waals surface area contributed by atoms with E-state index >= 15 is 0 Å². The van der Waals surface area contributed by atoms with Gasteiger partial charge in [0, 0.05) is 0 Å². The predicted octanol–water partition coefficient (Wildman–Crippen LogP) is 2.74. The van der Waals surface area contributed by atoms with Crippen LogP contribution < -0.4 is 4.43 Å². The molecule has 0 heterocycles. The first-order valence-corrected chi connectivity index (χ1v) is 7.92. The van der Waals surface area contributed by atoms with Crippen molar-refractivity contribution in [1.29, 1.82) is 0 Å². The minimum atomic E-state index is -1.92. The van der Waals surface area contributed by atoms with Crippen molar-refractivity contribution in [2.45, 2.75) is 19.6 Å². The van der Waals surface area contributed by atoms with E-state index < -0.39 is 20.1 Å². The molecular weight excluding hydrogens is 215 g/mol. The molecule has 0 aliphatic heterocycles. The van der Waals surface area contributed by atoms with Crippen LogP contribution in [0, 0.1) is 5.82 Å². The summed E-state index contributed by atoms with van der Waals surface area (Å²) in [5, 5.41) is 8.73. The van der Waals surface area contributed by atoms with Crippen molar-refractivity contribution in [2.24, 2.45) is 0 Å². The summed E-state index contributed by atoms with van der Waals surface area (Å²) in [5.41, 5.74) is 0.0321. The maximum absolute atomic E-state index is 13.3. The third-order valence-corrected chi connectivity index (χ3v) is 2.43. The zero-order valence-electron chi connectivity index (χ0n) is 8.87. The fourth-order valence-electron chi connectivity index (χ4n) is 1.04. The number of hydrogen-bond donors (Lipinski definition) is 1. The van der Waals surface area contributed by atoms with Crippen molar-refractivity contribution >= 4 is 14.3 Å². The first kappa shape index (κ1) is 11.7. The summed E-state index contributed by atoms with van der Waals surface area (Å²) in [4.78, 5) is 10.7. The second-order valence-corrected chi connectivity index (χ2v) is 8.59. The van der Waals surface area contributed by atoms with Crippen molar-refractivity contribution in [1.82, 2.24) is 0 Å². The molecule has 3 nitrogen and oxygen atoms in total. The molecule has 0 aliphatic rings. The lowest BCUT2D eigenvalue weighted by Gasteiger charge is -2.19. The summed E-state index contributed by atoms with van der Waals surface area (Å²) in [7, 11) is -1.92. The van der Waals surface area contributed by atoms with E-state index in [2.05, 4.69) is 0 Å². The van der Waals surface area contributed by atoms with Crippen molar-refractivity contribution in [3.8, 4) is 5.75 Å². The molecule has 1 aromatic rings. The molecule has 0 aliphatic carbocycles. The van der Waals surface area contributed by atoms with Crippen molar-refractivity contribution in [2.75, 3.05) is 0 Å². The normalized spacial score (nSPS) is 11.2. The molecule has 0 fully saturated rings. The average molecular weight is 228 g/mol. The lowest BCUT2D eigenvalue weighted by molar-refractivity contribution is 0.0696. The van der Waals surface area contributed by atoms with E-state index in [1.54, 1.807) is 0 Å². The Morgan fingerprint density at radius 1 is 1.40 bits per heavy atom. The molecule has 0 spiro atoms. The molecule has 0 bridgehead atoms. The highest BCUT2D eigenvalue weighted by atomic mass is 28.4. The van der Waals surface area contributed by atoms with Gasteiger partial charge >= 0.3 is 5.97 Å². The molecule has 0 atom stereocenters. The minimum absolute atomic E-state index is 0.0223. The van der Waals surface area contributed by atoms with Gasteiger partial charge in [0.1, 0.15) is 5.75 Å². The van der Waals surface area contributed by atoms with Gasteiger partial charge in [-0.05, 0) is 37.8 Å². The van der Waals surface area contributed by atoms with E-state index in [-0.39, 0.29) is 11.3 Å². The Morgan fingerprint density at radius 2 is 2.00 bits per heavy atom. The van der Waals surface area contributed by atoms with Crippen LogP contribution in [0.4, 0.5) is 4.39 Å². The third-order valence-electron chi connectivity index (χ3n) is 1.59. The third kappa shape index (κ3) is 3.36. The molecule has 0 radical (unpaired) electrons. The number of rotatable bonds is 3. The highest BCUT2D eigenvalue weighted by molar-refractivity contribution is 6.70. The summed E-state index contributed by atoms with van der Waals surface area (Å²) >= 11 is 0. The molecule has 5 heteroatoms. The quantitative estimate of drug-likeness (QED) is 0.809. The first-order valence-electron chi connectivity index (χ1n) is 4.51. The van der Waals surface area contributed by atoms with E-state index in [9.17, 15) is 9.18 Å². The zero-order valence-corrected chi connectivity index (χ0v) is 9.87. The summed E-state index contributed by atoms with van der Waals surface area (Å²) in [6, 6.07) is 3.55. The van der Waals surface area contributed by atoms with E-state index in [1.807, 2.05) is 19.6 Å². The van der Waals surface area contributed by atoms with Crippen LogP contribution in [-0.2, 0) is 0 Å². The van der Waals surface area contributed by atoms with Crippen LogP contribution in [0.1, 0.15) is 10.4 Å². The van der Waals surface area contributed by atoms with Gasteiger partial charge in [-0.1, -0.05) is 0 Å². The van der Waals surface area contributed by atoms with Crippen molar-refractivity contribution < 1.29 is 18.7 Å². The Hall–Kier alpha value is -1.36. The Balaban J connectivity index is 3.06. The molecular formula is C10H13FO3Si. The van der Waals surface area contributed by atoms with Gasteiger partial charge in [0.05, 0.1) is 5.56 Å². The number of aromatic carboxylic acids is 1. The lowest BCUT2D eigenvalue weighted by Crippen LogP contribution is -2.29. The van der Waals surface area contributed by atoms with Crippen molar-refractivity contribution in [3.63, 3.8) is 0 Å². The number of carboxylic acids is 1. The van der Waals surface area contributed by atoms with Gasteiger partial charge in [0.2, 0.25) is 8.32 Å². The number of halogens is 1. The highest BCUT2D eigenvalue weighted by Crippen LogP contribution is 2.22. The summed E-state index contributed by atoms with van der Waals surface area (Å²) in [6.07, 6.45) is 0. The molecule has 15 heavy (non-hydrogen) atoms. The lowest BCUT2D eigenvalue weighted by atomic mass is 10.2. The maximum atomic E-state index is 13.3. The van der Waals surface area contributed by atoms with E-state index in [1.165, 1.54) is 12.1 Å². The van der Waals surface area contributed by atoms with Gasteiger partial charge in [-0.15, -0.1) is 0 Å². The van der Waals surface area contributed by atoms with Crippen LogP contribution in [-0.4, -0.2) is 19.4 Å². The molecule has 0 saturated heterocycles. The minimum Gasteiger partial charge on any atom is -0.542 e. The summed E-state index contributed by atoms with van der Waals surface area (Å²) in [6.45, 7) is 5.71. The topological polar surface area (TPSA) is 46.5 Å². The Kier molecular flexibility index (Phi) is 3.14. The largest absolute Gasteiger partial charge is 0.542 e. The van der Waals surface area contributed by atoms with Crippen LogP contribution in [0.15, 0.2) is 18.2 Å². The highest BCUT2D eigenvalue weighted by Gasteiger charge is 2.19. The molecule has 0 unspecified atom stereocenters. The average Bonchev–Trinajstić information content (AvgIpc) is 2.06. The van der Waals surface area contributed by atoms with Gasteiger partial charge < -0.3 is 9.53 Å². The van der Waals surface area contributed by atoms with Crippen LogP contribution in [0.2, 0.25) is 19.6 Å². The predicted molar refractivity (Wildman–Crippen MR) is 57.3 cm³/mol. The summed E-state index contributed by atoms with van der Waals surface area (Å²) in [5.74, 6) is -1.59. The van der Waals surface area contributed by atoms with Gasteiger partial charge in [0.25, 0.3) is 0 Å². The number of carboxylic acid groups (broad SMARTS) is 1. The van der Waals surface area contributed by atoms with Crippen molar-refractivity contribution in [3.05, 3.63) is 29.6 Å². The maximum Gasteiger partial charge on any atom is 0.335 e. The van der Waals surface area contributed by atoms with Gasteiger partial charge in [-0.3, -0.25) is 0 Å². The number of hydrogen-bond acceptors (Lipinski definition) is 2. The van der Waals surface area contributed by atoms with E-state index in [0.717, 1.165) is 6.07 Å². The SMILES string of the molecule is C[Si](C)(C)Oc1cc(C(=O)O)ccc1F. The van der Waals surface area contributed by atoms with Crippen LogP contribution in [0.25, 0.3) is 0 Å². The molecule has 1 aromatic carbocycles. The van der Waals surface area contributed by atoms with E-state index in [0.29, 0.717) is 0 Å². The number of carbonyl (C=O) groups is 1.